The highest BCUT2D eigenvalue weighted by Gasteiger charge is 2.14. The predicted molar refractivity (Wildman–Crippen MR) is 88.4 cm³/mol. The second-order valence-corrected chi connectivity index (χ2v) is 6.15. The maximum absolute atomic E-state index is 12.8. The Bertz CT molecular complexity index is 691. The lowest BCUT2D eigenvalue weighted by Crippen LogP contribution is -2.12. The molecule has 0 radical (unpaired) electrons. The molecular weight excluding hydrogens is 317 g/mol. The molecule has 1 heterocycles. The molecule has 4 nitrogen and oxygen atoms in total. The Labute approximate surface area is 138 Å². The Kier molecular flexibility index (Phi) is 5.02. The molecule has 120 valence electrons. The van der Waals surface area contributed by atoms with Crippen molar-refractivity contribution in [2.75, 3.05) is 17.9 Å². The van der Waals surface area contributed by atoms with Crippen LogP contribution < -0.4 is 14.8 Å². The molecule has 0 saturated heterocycles. The van der Waals surface area contributed by atoms with Gasteiger partial charge in [0.25, 0.3) is 0 Å². The predicted octanol–water partition coefficient (Wildman–Crippen LogP) is 3.82. The molecule has 0 saturated carbocycles. The third-order valence-corrected chi connectivity index (χ3v) is 4.34. The first kappa shape index (κ1) is 15.7. The van der Waals surface area contributed by atoms with Crippen molar-refractivity contribution in [2.24, 2.45) is 0 Å². The number of carbonyl (C=O) groups excluding carboxylic acids is 1. The second kappa shape index (κ2) is 7.37. The number of hydrogen-bond acceptors (Lipinski definition) is 4. The van der Waals surface area contributed by atoms with E-state index in [1.54, 1.807) is 42.1 Å². The van der Waals surface area contributed by atoms with Gasteiger partial charge in [-0.25, -0.2) is 4.39 Å². The van der Waals surface area contributed by atoms with Crippen molar-refractivity contribution in [2.45, 2.75) is 12.2 Å². The van der Waals surface area contributed by atoms with Crippen LogP contribution in [-0.4, -0.2) is 18.5 Å². The van der Waals surface area contributed by atoms with Gasteiger partial charge in [0.05, 0.1) is 0 Å². The fourth-order valence-electron chi connectivity index (χ4n) is 2.13. The van der Waals surface area contributed by atoms with E-state index in [-0.39, 0.29) is 18.5 Å². The largest absolute Gasteiger partial charge is 0.454 e. The number of thioether (sulfide) groups is 1. The van der Waals surface area contributed by atoms with Crippen LogP contribution >= 0.6 is 11.8 Å². The lowest BCUT2D eigenvalue weighted by molar-refractivity contribution is -0.115. The van der Waals surface area contributed by atoms with Crippen molar-refractivity contribution in [3.63, 3.8) is 0 Å². The van der Waals surface area contributed by atoms with Crippen LogP contribution in [0.15, 0.2) is 42.5 Å². The summed E-state index contributed by atoms with van der Waals surface area (Å²) in [4.78, 5) is 11.9. The topological polar surface area (TPSA) is 47.6 Å². The maximum Gasteiger partial charge on any atom is 0.231 e. The number of benzene rings is 2. The van der Waals surface area contributed by atoms with E-state index in [4.69, 9.17) is 9.47 Å². The summed E-state index contributed by atoms with van der Waals surface area (Å²) in [5, 5.41) is 2.84. The number of amides is 1. The lowest BCUT2D eigenvalue weighted by Gasteiger charge is -2.06. The summed E-state index contributed by atoms with van der Waals surface area (Å²) in [5.41, 5.74) is 1.75. The second-order valence-electron chi connectivity index (χ2n) is 5.05. The molecule has 0 aliphatic carbocycles. The Morgan fingerprint density at radius 1 is 1.13 bits per heavy atom. The minimum atomic E-state index is -0.234. The quantitative estimate of drug-likeness (QED) is 0.817. The number of anilines is 1. The van der Waals surface area contributed by atoms with Crippen LogP contribution in [0.25, 0.3) is 0 Å². The normalized spacial score (nSPS) is 12.2. The van der Waals surface area contributed by atoms with Gasteiger partial charge in [0, 0.05) is 29.7 Å². The number of halogens is 1. The summed E-state index contributed by atoms with van der Waals surface area (Å²) in [6.07, 6.45) is 0.417. The molecule has 0 atom stereocenters. The molecule has 0 unspecified atom stereocenters. The first-order valence-corrected chi connectivity index (χ1v) is 8.38. The summed E-state index contributed by atoms with van der Waals surface area (Å²) in [6.45, 7) is 0.215. The van der Waals surface area contributed by atoms with Gasteiger partial charge >= 0.3 is 0 Å². The zero-order chi connectivity index (χ0) is 16.1. The zero-order valence-corrected chi connectivity index (χ0v) is 13.2. The molecule has 23 heavy (non-hydrogen) atoms. The fraction of sp³-hybridized carbons (Fsp3) is 0.235. The fourth-order valence-corrected chi connectivity index (χ4v) is 3.04. The Morgan fingerprint density at radius 2 is 1.91 bits per heavy atom. The van der Waals surface area contributed by atoms with Crippen molar-refractivity contribution in [3.8, 4) is 11.5 Å². The van der Waals surface area contributed by atoms with Gasteiger partial charge in [-0.2, -0.15) is 11.8 Å². The van der Waals surface area contributed by atoms with Crippen LogP contribution in [-0.2, 0) is 10.5 Å². The van der Waals surface area contributed by atoms with Crippen LogP contribution in [0.2, 0.25) is 0 Å². The third-order valence-electron chi connectivity index (χ3n) is 3.31. The van der Waals surface area contributed by atoms with Gasteiger partial charge in [-0.15, -0.1) is 0 Å². The number of fused-ring (bicyclic) bond motifs is 1. The molecule has 1 N–H and O–H groups in total. The van der Waals surface area contributed by atoms with Crippen molar-refractivity contribution in [1.82, 2.24) is 0 Å². The summed E-state index contributed by atoms with van der Waals surface area (Å²) in [6, 6.07) is 11.7. The van der Waals surface area contributed by atoms with E-state index in [1.165, 1.54) is 12.1 Å². The van der Waals surface area contributed by atoms with E-state index >= 15 is 0 Å². The molecule has 0 fully saturated rings. The highest BCUT2D eigenvalue weighted by Crippen LogP contribution is 2.34. The van der Waals surface area contributed by atoms with E-state index in [2.05, 4.69) is 5.32 Å². The van der Waals surface area contributed by atoms with Gasteiger partial charge in [-0.1, -0.05) is 12.1 Å². The molecular formula is C17H16FNO3S. The highest BCUT2D eigenvalue weighted by atomic mass is 32.2. The van der Waals surface area contributed by atoms with Crippen LogP contribution in [0.5, 0.6) is 11.5 Å². The average molecular weight is 333 g/mol. The summed E-state index contributed by atoms with van der Waals surface area (Å²) in [5.74, 6) is 2.52. The Morgan fingerprint density at radius 3 is 2.74 bits per heavy atom. The number of rotatable bonds is 6. The van der Waals surface area contributed by atoms with E-state index in [1.807, 2.05) is 0 Å². The minimum Gasteiger partial charge on any atom is -0.454 e. The highest BCUT2D eigenvalue weighted by molar-refractivity contribution is 7.98. The minimum absolute atomic E-state index is 0.0459. The van der Waals surface area contributed by atoms with Gasteiger partial charge in [-0.05, 0) is 29.8 Å². The van der Waals surface area contributed by atoms with Gasteiger partial charge in [0.15, 0.2) is 11.5 Å². The molecule has 6 heteroatoms. The number of ether oxygens (including phenoxy) is 2. The monoisotopic (exact) mass is 333 g/mol. The SMILES string of the molecule is O=C(CCSCc1ccc(F)cc1)Nc1ccc2c(c1)OCO2. The third kappa shape index (κ3) is 4.39. The van der Waals surface area contributed by atoms with E-state index < -0.39 is 0 Å². The summed E-state index contributed by atoms with van der Waals surface area (Å²) in [7, 11) is 0. The summed E-state index contributed by atoms with van der Waals surface area (Å²) < 4.78 is 23.3. The van der Waals surface area contributed by atoms with Crippen molar-refractivity contribution >= 4 is 23.4 Å². The van der Waals surface area contributed by atoms with Gasteiger partial charge < -0.3 is 14.8 Å². The van der Waals surface area contributed by atoms with E-state index in [0.29, 0.717) is 29.4 Å². The van der Waals surface area contributed by atoms with Crippen LogP contribution in [0.1, 0.15) is 12.0 Å². The molecule has 1 amide bonds. The molecule has 0 spiro atoms. The molecule has 0 bridgehead atoms. The Hall–Kier alpha value is -2.21. The van der Waals surface area contributed by atoms with Crippen LogP contribution in [0.4, 0.5) is 10.1 Å². The molecule has 1 aliphatic heterocycles. The van der Waals surface area contributed by atoms with Gasteiger partial charge in [0.2, 0.25) is 12.7 Å². The maximum atomic E-state index is 12.8. The average Bonchev–Trinajstić information content (AvgIpc) is 3.01. The van der Waals surface area contributed by atoms with Gasteiger partial charge in [0.1, 0.15) is 5.82 Å². The van der Waals surface area contributed by atoms with E-state index in [0.717, 1.165) is 11.3 Å². The number of carbonyl (C=O) groups is 1. The smallest absolute Gasteiger partial charge is 0.231 e. The summed E-state index contributed by atoms with van der Waals surface area (Å²) >= 11 is 1.64. The first-order chi connectivity index (χ1) is 11.2. The lowest BCUT2D eigenvalue weighted by atomic mass is 10.2. The molecule has 1 aliphatic rings. The van der Waals surface area contributed by atoms with Crippen LogP contribution in [0.3, 0.4) is 0 Å². The van der Waals surface area contributed by atoms with Crippen LogP contribution in [0, 0.1) is 5.82 Å². The van der Waals surface area contributed by atoms with Crippen molar-refractivity contribution in [3.05, 3.63) is 53.8 Å². The number of nitrogens with one attached hydrogen (secondary N) is 1. The molecule has 2 aromatic carbocycles. The van der Waals surface area contributed by atoms with Crippen molar-refractivity contribution < 1.29 is 18.7 Å². The molecule has 2 aromatic rings. The van der Waals surface area contributed by atoms with Gasteiger partial charge in [-0.3, -0.25) is 4.79 Å². The zero-order valence-electron chi connectivity index (χ0n) is 12.4. The number of hydrogen-bond donors (Lipinski definition) is 1. The molecule has 0 aromatic heterocycles. The van der Waals surface area contributed by atoms with E-state index in [9.17, 15) is 9.18 Å². The van der Waals surface area contributed by atoms with Crippen molar-refractivity contribution in [1.29, 1.82) is 0 Å². The first-order valence-electron chi connectivity index (χ1n) is 7.22. The molecule has 3 rings (SSSR count). The standard InChI is InChI=1S/C17H16FNO3S/c18-13-3-1-12(2-4-13)10-23-8-7-17(20)19-14-5-6-15-16(9-14)22-11-21-15/h1-6,9H,7-8,10-11H2,(H,19,20). The Balaban J connectivity index is 1.40.